The average molecular weight is 302 g/mol. The Morgan fingerprint density at radius 3 is 2.38 bits per heavy atom. The highest BCUT2D eigenvalue weighted by atomic mass is 19.4. The minimum atomic E-state index is -4.18. The van der Waals surface area contributed by atoms with Crippen LogP contribution in [0.15, 0.2) is 18.2 Å². The van der Waals surface area contributed by atoms with Crippen molar-refractivity contribution in [3.05, 3.63) is 33.9 Å². The lowest BCUT2D eigenvalue weighted by atomic mass is 9.96. The number of alkyl halides is 3. The zero-order chi connectivity index (χ0) is 15.6. The van der Waals surface area contributed by atoms with E-state index in [0.717, 1.165) is 0 Å². The molecule has 1 fully saturated rings. The van der Waals surface area contributed by atoms with Gasteiger partial charge in [-0.3, -0.25) is 14.9 Å². The molecule has 0 saturated carbocycles. The van der Waals surface area contributed by atoms with Crippen LogP contribution in [-0.4, -0.2) is 30.5 Å². The van der Waals surface area contributed by atoms with Crippen molar-refractivity contribution < 1.29 is 22.9 Å². The van der Waals surface area contributed by atoms with Crippen LogP contribution in [0, 0.1) is 16.0 Å². The summed E-state index contributed by atoms with van der Waals surface area (Å²) in [7, 11) is 0. The van der Waals surface area contributed by atoms with Crippen molar-refractivity contribution in [1.29, 1.82) is 0 Å². The maximum Gasteiger partial charge on any atom is 0.391 e. The Bertz CT molecular complexity index is 552. The van der Waals surface area contributed by atoms with Crippen molar-refractivity contribution in [1.82, 2.24) is 0 Å². The summed E-state index contributed by atoms with van der Waals surface area (Å²) in [5.41, 5.74) is 0.151. The Hall–Kier alpha value is -2.12. The van der Waals surface area contributed by atoms with Crippen LogP contribution in [0.25, 0.3) is 0 Å². The molecule has 114 valence electrons. The van der Waals surface area contributed by atoms with Gasteiger partial charge in [-0.05, 0) is 25.0 Å². The van der Waals surface area contributed by atoms with Gasteiger partial charge in [-0.2, -0.15) is 13.2 Å². The average Bonchev–Trinajstić information content (AvgIpc) is 2.45. The van der Waals surface area contributed by atoms with Crippen molar-refractivity contribution in [3.8, 4) is 0 Å². The number of anilines is 1. The van der Waals surface area contributed by atoms with Crippen molar-refractivity contribution in [3.63, 3.8) is 0 Å². The fraction of sp³-hybridized carbons (Fsp3) is 0.462. The molecule has 0 bridgehead atoms. The molecule has 0 aromatic heterocycles. The van der Waals surface area contributed by atoms with E-state index in [4.69, 9.17) is 0 Å². The molecule has 1 aromatic rings. The van der Waals surface area contributed by atoms with Gasteiger partial charge in [0.2, 0.25) is 0 Å². The number of nitro benzene ring substituents is 1. The number of carbonyl (C=O) groups is 1. The number of aldehydes is 1. The molecule has 2 rings (SSSR count). The van der Waals surface area contributed by atoms with E-state index < -0.39 is 17.0 Å². The van der Waals surface area contributed by atoms with Crippen LogP contribution in [0.4, 0.5) is 24.5 Å². The maximum atomic E-state index is 12.6. The summed E-state index contributed by atoms with van der Waals surface area (Å²) < 4.78 is 37.8. The summed E-state index contributed by atoms with van der Waals surface area (Å²) in [6, 6.07) is 4.01. The smallest absolute Gasteiger partial charge is 0.371 e. The summed E-state index contributed by atoms with van der Waals surface area (Å²) in [6.07, 6.45) is -3.84. The second-order valence-electron chi connectivity index (χ2n) is 4.92. The maximum absolute atomic E-state index is 12.6. The number of piperidine rings is 1. The summed E-state index contributed by atoms with van der Waals surface area (Å²) in [4.78, 5) is 22.7. The second-order valence-corrected chi connectivity index (χ2v) is 4.92. The van der Waals surface area contributed by atoms with Gasteiger partial charge in [-0.15, -0.1) is 0 Å². The number of hydrogen-bond donors (Lipinski definition) is 0. The Morgan fingerprint density at radius 1 is 1.29 bits per heavy atom. The van der Waals surface area contributed by atoms with Gasteiger partial charge in [0, 0.05) is 24.8 Å². The van der Waals surface area contributed by atoms with E-state index in [9.17, 15) is 28.1 Å². The normalized spacial score (nSPS) is 16.8. The second kappa shape index (κ2) is 5.71. The summed E-state index contributed by atoms with van der Waals surface area (Å²) in [6.45, 7) is 0.417. The van der Waals surface area contributed by atoms with E-state index in [1.165, 1.54) is 18.2 Å². The van der Waals surface area contributed by atoms with Gasteiger partial charge in [0.25, 0.3) is 5.69 Å². The Labute approximate surface area is 118 Å². The first-order valence-electron chi connectivity index (χ1n) is 6.38. The molecule has 8 heteroatoms. The van der Waals surface area contributed by atoms with Gasteiger partial charge in [0.05, 0.1) is 16.4 Å². The van der Waals surface area contributed by atoms with E-state index in [-0.39, 0.29) is 37.2 Å². The van der Waals surface area contributed by atoms with Crippen molar-refractivity contribution in [2.75, 3.05) is 18.0 Å². The lowest BCUT2D eigenvalue weighted by Gasteiger charge is -2.34. The highest BCUT2D eigenvalue weighted by molar-refractivity contribution is 5.83. The first-order chi connectivity index (χ1) is 9.82. The zero-order valence-corrected chi connectivity index (χ0v) is 11.0. The van der Waals surface area contributed by atoms with Crippen LogP contribution in [0.3, 0.4) is 0 Å². The Kier molecular flexibility index (Phi) is 4.15. The molecule has 1 aromatic carbocycles. The molecule has 0 atom stereocenters. The van der Waals surface area contributed by atoms with Crippen molar-refractivity contribution in [2.24, 2.45) is 5.92 Å². The molecular weight excluding hydrogens is 289 g/mol. The SMILES string of the molecule is O=Cc1cc(N2CCC(C(F)(F)F)CC2)ccc1[N+](=O)[O-]. The third kappa shape index (κ3) is 3.32. The van der Waals surface area contributed by atoms with Gasteiger partial charge in [0.15, 0.2) is 6.29 Å². The van der Waals surface area contributed by atoms with Crippen LogP contribution in [0.5, 0.6) is 0 Å². The number of nitro groups is 1. The van der Waals surface area contributed by atoms with Crippen LogP contribution in [-0.2, 0) is 0 Å². The minimum Gasteiger partial charge on any atom is -0.371 e. The first-order valence-corrected chi connectivity index (χ1v) is 6.38. The number of nitrogens with zero attached hydrogens (tertiary/aromatic N) is 2. The van der Waals surface area contributed by atoms with E-state index in [1.807, 2.05) is 0 Å². The molecule has 0 aliphatic carbocycles. The van der Waals surface area contributed by atoms with Crippen LogP contribution in [0.2, 0.25) is 0 Å². The van der Waals surface area contributed by atoms with Crippen LogP contribution in [0.1, 0.15) is 23.2 Å². The minimum absolute atomic E-state index is 0.0170. The lowest BCUT2D eigenvalue weighted by molar-refractivity contribution is -0.385. The fourth-order valence-corrected chi connectivity index (χ4v) is 2.46. The third-order valence-corrected chi connectivity index (χ3v) is 3.66. The third-order valence-electron chi connectivity index (χ3n) is 3.66. The molecule has 5 nitrogen and oxygen atoms in total. The number of benzene rings is 1. The molecular formula is C13H13F3N2O3. The number of halogens is 3. The van der Waals surface area contributed by atoms with Gasteiger partial charge in [0.1, 0.15) is 0 Å². The van der Waals surface area contributed by atoms with Crippen LogP contribution >= 0.6 is 0 Å². The molecule has 1 aliphatic rings. The molecule has 21 heavy (non-hydrogen) atoms. The predicted molar refractivity (Wildman–Crippen MR) is 69.5 cm³/mol. The van der Waals surface area contributed by atoms with Crippen molar-refractivity contribution in [2.45, 2.75) is 19.0 Å². The van der Waals surface area contributed by atoms with E-state index in [2.05, 4.69) is 0 Å². The Morgan fingerprint density at radius 2 is 1.90 bits per heavy atom. The molecule has 0 radical (unpaired) electrons. The van der Waals surface area contributed by atoms with Crippen LogP contribution < -0.4 is 4.90 Å². The zero-order valence-electron chi connectivity index (χ0n) is 11.0. The molecule has 0 spiro atoms. The predicted octanol–water partition coefficient (Wildman–Crippen LogP) is 3.19. The standard InChI is InChI=1S/C13H13F3N2O3/c14-13(15,16)10-3-5-17(6-4-10)11-1-2-12(18(20)21)9(7-11)8-19/h1-2,7-8,10H,3-6H2. The van der Waals surface area contributed by atoms with Gasteiger partial charge < -0.3 is 4.90 Å². The lowest BCUT2D eigenvalue weighted by Crippen LogP contribution is -2.39. The molecule has 1 aliphatic heterocycles. The number of carbonyl (C=O) groups excluding carboxylic acids is 1. The number of rotatable bonds is 3. The molecule has 0 amide bonds. The molecule has 0 N–H and O–H groups in total. The largest absolute Gasteiger partial charge is 0.391 e. The highest BCUT2D eigenvalue weighted by Gasteiger charge is 2.41. The summed E-state index contributed by atoms with van der Waals surface area (Å²) in [5, 5.41) is 10.7. The topological polar surface area (TPSA) is 63.5 Å². The van der Waals surface area contributed by atoms with E-state index >= 15 is 0 Å². The fourth-order valence-electron chi connectivity index (χ4n) is 2.46. The quantitative estimate of drug-likeness (QED) is 0.488. The highest BCUT2D eigenvalue weighted by Crippen LogP contribution is 2.35. The molecule has 0 unspecified atom stereocenters. The van der Waals surface area contributed by atoms with Crippen molar-refractivity contribution >= 4 is 17.7 Å². The van der Waals surface area contributed by atoms with Gasteiger partial charge in [-0.1, -0.05) is 0 Å². The Balaban J connectivity index is 2.14. The molecule has 1 saturated heterocycles. The van der Waals surface area contributed by atoms with Gasteiger partial charge in [-0.25, -0.2) is 0 Å². The van der Waals surface area contributed by atoms with E-state index in [0.29, 0.717) is 12.0 Å². The van der Waals surface area contributed by atoms with Gasteiger partial charge >= 0.3 is 6.18 Å². The molecule has 1 heterocycles. The number of hydrogen-bond acceptors (Lipinski definition) is 4. The monoisotopic (exact) mass is 302 g/mol. The van der Waals surface area contributed by atoms with E-state index in [1.54, 1.807) is 4.90 Å². The first kappa shape index (κ1) is 15.3. The summed E-state index contributed by atoms with van der Waals surface area (Å²) in [5.74, 6) is -1.31. The summed E-state index contributed by atoms with van der Waals surface area (Å²) >= 11 is 0.